The van der Waals surface area contributed by atoms with E-state index in [2.05, 4.69) is 4.98 Å². The highest BCUT2D eigenvalue weighted by atomic mass is 32.2. The van der Waals surface area contributed by atoms with E-state index in [4.69, 9.17) is 4.74 Å². The number of benzene rings is 1. The van der Waals surface area contributed by atoms with E-state index < -0.39 is 10.8 Å². The van der Waals surface area contributed by atoms with Gasteiger partial charge in [-0.25, -0.2) is 4.98 Å². The lowest BCUT2D eigenvalue weighted by Crippen LogP contribution is -2.26. The summed E-state index contributed by atoms with van der Waals surface area (Å²) >= 11 is 0. The van der Waals surface area contributed by atoms with Crippen LogP contribution in [0.2, 0.25) is 0 Å². The summed E-state index contributed by atoms with van der Waals surface area (Å²) in [6, 6.07) is 10.4. The molecule has 1 aromatic carbocycles. The zero-order valence-electron chi connectivity index (χ0n) is 13.6. The van der Waals surface area contributed by atoms with Gasteiger partial charge in [0.2, 0.25) is 5.88 Å². The first-order chi connectivity index (χ1) is 11.0. The smallest absolute Gasteiger partial charge is 0.258 e. The number of aromatic nitrogens is 1. The Labute approximate surface area is 138 Å². The van der Waals surface area contributed by atoms with Gasteiger partial charge in [-0.3, -0.25) is 9.00 Å². The Kier molecular flexibility index (Phi) is 5.50. The number of hydrogen-bond acceptors (Lipinski definition) is 4. The third-order valence-corrected chi connectivity index (χ3v) is 4.97. The van der Waals surface area contributed by atoms with Crippen molar-refractivity contribution in [1.29, 1.82) is 0 Å². The third-order valence-electron chi connectivity index (χ3n) is 3.37. The van der Waals surface area contributed by atoms with Gasteiger partial charge in [0.15, 0.2) is 0 Å². The number of anilines is 1. The monoisotopic (exact) mass is 332 g/mol. The summed E-state index contributed by atoms with van der Waals surface area (Å²) in [5.41, 5.74) is 1.11. The molecule has 6 heteroatoms. The average molecular weight is 332 g/mol. The van der Waals surface area contributed by atoms with E-state index in [1.807, 2.05) is 13.8 Å². The fourth-order valence-electron chi connectivity index (χ4n) is 2.10. The maximum atomic E-state index is 12.6. The van der Waals surface area contributed by atoms with Crippen molar-refractivity contribution in [3.8, 4) is 5.88 Å². The molecule has 5 nitrogen and oxygen atoms in total. The Morgan fingerprint density at radius 2 is 1.87 bits per heavy atom. The molecule has 0 N–H and O–H groups in total. The van der Waals surface area contributed by atoms with E-state index in [1.165, 1.54) is 12.0 Å². The van der Waals surface area contributed by atoms with Crippen LogP contribution in [0.1, 0.15) is 24.2 Å². The van der Waals surface area contributed by atoms with Crippen LogP contribution in [-0.2, 0) is 10.8 Å². The van der Waals surface area contributed by atoms with Gasteiger partial charge in [-0.15, -0.1) is 0 Å². The Bertz CT molecular complexity index is 714. The molecule has 1 amide bonds. The summed E-state index contributed by atoms with van der Waals surface area (Å²) in [6.45, 7) is 3.80. The fourth-order valence-corrected chi connectivity index (χ4v) is 3.05. The Morgan fingerprint density at radius 1 is 1.22 bits per heavy atom. The second-order valence-electron chi connectivity index (χ2n) is 5.27. The maximum absolute atomic E-state index is 12.6. The number of methoxy groups -OCH3 is 1. The molecule has 2 rings (SSSR count). The molecule has 0 spiro atoms. The third kappa shape index (κ3) is 3.76. The quantitative estimate of drug-likeness (QED) is 0.845. The number of nitrogens with zero attached hydrogens (tertiary/aromatic N) is 2. The van der Waals surface area contributed by atoms with Gasteiger partial charge >= 0.3 is 0 Å². The largest absolute Gasteiger partial charge is 0.480 e. The highest BCUT2D eigenvalue weighted by Crippen LogP contribution is 2.25. The van der Waals surface area contributed by atoms with Crippen molar-refractivity contribution in [2.75, 3.05) is 19.1 Å². The molecule has 1 aromatic heterocycles. The lowest BCUT2D eigenvalue weighted by atomic mass is 10.2. The van der Waals surface area contributed by atoms with E-state index in [0.717, 1.165) is 4.90 Å². The number of carbonyl (C=O) groups excluding carboxylic acids is 1. The standard InChI is InChI=1S/C17H20N2O3S/c1-12(2)23(21)14-9-7-13(8-10-14)17(20)19(3)15-6-5-11-18-16(15)22-4/h5-12H,1-4H3/t23-/m1/s1. The first kappa shape index (κ1) is 17.1. The summed E-state index contributed by atoms with van der Waals surface area (Å²) in [5.74, 6) is 0.207. The maximum Gasteiger partial charge on any atom is 0.258 e. The van der Waals surface area contributed by atoms with Crippen molar-refractivity contribution in [3.05, 3.63) is 48.2 Å². The first-order valence-electron chi connectivity index (χ1n) is 7.23. The Morgan fingerprint density at radius 3 is 2.43 bits per heavy atom. The molecule has 23 heavy (non-hydrogen) atoms. The van der Waals surface area contributed by atoms with Crippen molar-refractivity contribution in [2.24, 2.45) is 0 Å². The summed E-state index contributed by atoms with van der Waals surface area (Å²) in [7, 11) is 2.12. The van der Waals surface area contributed by atoms with E-state index in [0.29, 0.717) is 17.1 Å². The van der Waals surface area contributed by atoms with Crippen molar-refractivity contribution in [3.63, 3.8) is 0 Å². The molecule has 0 unspecified atom stereocenters. The summed E-state index contributed by atoms with van der Waals surface area (Å²) < 4.78 is 17.2. The second kappa shape index (κ2) is 7.37. The summed E-state index contributed by atoms with van der Waals surface area (Å²) in [6.07, 6.45) is 1.61. The molecular weight excluding hydrogens is 312 g/mol. The minimum Gasteiger partial charge on any atom is -0.480 e. The SMILES string of the molecule is COc1ncccc1N(C)C(=O)c1ccc([S@](=O)C(C)C)cc1. The summed E-state index contributed by atoms with van der Waals surface area (Å²) in [5, 5.41) is 0.0406. The lowest BCUT2D eigenvalue weighted by Gasteiger charge is -2.19. The predicted octanol–water partition coefficient (Wildman–Crippen LogP) is 2.88. The van der Waals surface area contributed by atoms with Crippen molar-refractivity contribution in [1.82, 2.24) is 4.98 Å². The second-order valence-corrected chi connectivity index (χ2v) is 7.28. The zero-order valence-corrected chi connectivity index (χ0v) is 14.5. The number of pyridine rings is 1. The van der Waals surface area contributed by atoms with Crippen molar-refractivity contribution >= 4 is 22.4 Å². The highest BCUT2D eigenvalue weighted by molar-refractivity contribution is 7.85. The van der Waals surface area contributed by atoms with Gasteiger partial charge in [0.05, 0.1) is 17.9 Å². The highest BCUT2D eigenvalue weighted by Gasteiger charge is 2.18. The van der Waals surface area contributed by atoms with Crippen LogP contribution in [0.4, 0.5) is 5.69 Å². The molecule has 0 saturated heterocycles. The molecule has 0 fully saturated rings. The first-order valence-corrected chi connectivity index (χ1v) is 8.44. The van der Waals surface area contributed by atoms with Crippen LogP contribution >= 0.6 is 0 Å². The van der Waals surface area contributed by atoms with E-state index in [-0.39, 0.29) is 11.2 Å². The molecular formula is C17H20N2O3S. The predicted molar refractivity (Wildman–Crippen MR) is 91.5 cm³/mol. The minimum absolute atomic E-state index is 0.0406. The van der Waals surface area contributed by atoms with E-state index >= 15 is 0 Å². The van der Waals surface area contributed by atoms with Gasteiger partial charge in [0.1, 0.15) is 5.69 Å². The summed E-state index contributed by atoms with van der Waals surface area (Å²) in [4.78, 5) is 18.9. The van der Waals surface area contributed by atoms with Gasteiger partial charge in [-0.1, -0.05) is 13.8 Å². The van der Waals surface area contributed by atoms with Crippen LogP contribution in [0.25, 0.3) is 0 Å². The number of carbonyl (C=O) groups is 1. The molecule has 1 atom stereocenters. The van der Waals surface area contributed by atoms with Crippen LogP contribution in [0.5, 0.6) is 5.88 Å². The van der Waals surface area contributed by atoms with Gasteiger partial charge in [-0.05, 0) is 36.4 Å². The van der Waals surface area contributed by atoms with Crippen molar-refractivity contribution in [2.45, 2.75) is 24.0 Å². The van der Waals surface area contributed by atoms with Crippen LogP contribution in [0, 0.1) is 0 Å². The van der Waals surface area contributed by atoms with Crippen LogP contribution in [0.15, 0.2) is 47.5 Å². The van der Waals surface area contributed by atoms with Crippen LogP contribution in [0.3, 0.4) is 0 Å². The van der Waals surface area contributed by atoms with E-state index in [9.17, 15) is 9.00 Å². The average Bonchev–Trinajstić information content (AvgIpc) is 2.59. The Balaban J connectivity index is 2.25. The van der Waals surface area contributed by atoms with Gasteiger partial charge in [0.25, 0.3) is 5.91 Å². The van der Waals surface area contributed by atoms with E-state index in [1.54, 1.807) is 49.6 Å². The molecule has 0 bridgehead atoms. The number of amides is 1. The minimum atomic E-state index is -1.06. The van der Waals surface area contributed by atoms with Crippen molar-refractivity contribution < 1.29 is 13.7 Å². The van der Waals surface area contributed by atoms with Gasteiger partial charge in [0, 0.05) is 29.0 Å². The van der Waals surface area contributed by atoms with Crippen LogP contribution in [-0.4, -0.2) is 34.5 Å². The molecule has 0 aliphatic heterocycles. The molecule has 122 valence electrons. The molecule has 0 aliphatic carbocycles. The van der Waals surface area contributed by atoms with Gasteiger partial charge < -0.3 is 9.64 Å². The topological polar surface area (TPSA) is 59.5 Å². The number of ether oxygens (including phenoxy) is 1. The lowest BCUT2D eigenvalue weighted by molar-refractivity contribution is 0.0992. The molecule has 1 heterocycles. The Hall–Kier alpha value is -2.21. The normalized spacial score (nSPS) is 12.0. The fraction of sp³-hybridized carbons (Fsp3) is 0.294. The molecule has 0 saturated carbocycles. The number of rotatable bonds is 5. The molecule has 0 aliphatic rings. The number of hydrogen-bond donors (Lipinski definition) is 0. The molecule has 2 aromatic rings. The molecule has 0 radical (unpaired) electrons. The van der Waals surface area contributed by atoms with Gasteiger partial charge in [-0.2, -0.15) is 0 Å². The zero-order chi connectivity index (χ0) is 17.0. The van der Waals surface area contributed by atoms with Crippen LogP contribution < -0.4 is 9.64 Å².